The molecule has 1 saturated heterocycles. The van der Waals surface area contributed by atoms with E-state index in [1.807, 2.05) is 36.4 Å². The molecule has 0 amide bonds. The van der Waals surface area contributed by atoms with Crippen molar-refractivity contribution in [3.8, 4) is 11.4 Å². The first-order valence-electron chi connectivity index (χ1n) is 7.37. The molecule has 1 aromatic heterocycles. The lowest BCUT2D eigenvalue weighted by molar-refractivity contribution is 0.466. The molecule has 3 N–H and O–H groups in total. The van der Waals surface area contributed by atoms with Crippen LogP contribution in [0.15, 0.2) is 42.6 Å². The zero-order valence-electron chi connectivity index (χ0n) is 12.4. The predicted molar refractivity (Wildman–Crippen MR) is 84.6 cm³/mol. The number of nitrogens with one attached hydrogen (secondary N) is 3. The van der Waals surface area contributed by atoms with Crippen molar-refractivity contribution < 1.29 is 0 Å². The quantitative estimate of drug-likeness (QED) is 0.801. The van der Waals surface area contributed by atoms with Crippen LogP contribution in [-0.2, 0) is 0 Å². The smallest absolute Gasteiger partial charge is 0.161 e. The second-order valence-corrected chi connectivity index (χ2v) is 5.54. The Morgan fingerprint density at radius 2 is 1.76 bits per heavy atom. The van der Waals surface area contributed by atoms with E-state index in [2.05, 4.69) is 40.0 Å². The van der Waals surface area contributed by atoms with Crippen LogP contribution in [0.2, 0.25) is 0 Å². The standard InChI is InChI=1S/C16H21N5/c1-11-14(12(2)21-20-11)10-18-15-8-9-17-16(19-15)13-6-4-3-5-7-13/h3-9,11-12,14,20-21H,10H2,1-2H3,(H,17,18,19). The van der Waals surface area contributed by atoms with Gasteiger partial charge in [-0.15, -0.1) is 0 Å². The van der Waals surface area contributed by atoms with Crippen molar-refractivity contribution in [2.75, 3.05) is 11.9 Å². The monoisotopic (exact) mass is 283 g/mol. The molecule has 2 heterocycles. The van der Waals surface area contributed by atoms with Gasteiger partial charge in [0.15, 0.2) is 5.82 Å². The van der Waals surface area contributed by atoms with E-state index in [1.54, 1.807) is 6.20 Å². The molecular weight excluding hydrogens is 262 g/mol. The van der Waals surface area contributed by atoms with Gasteiger partial charge in [-0.05, 0) is 19.9 Å². The van der Waals surface area contributed by atoms with Gasteiger partial charge in [-0.25, -0.2) is 9.97 Å². The Hall–Kier alpha value is -1.98. The topological polar surface area (TPSA) is 61.9 Å². The Balaban J connectivity index is 1.69. The van der Waals surface area contributed by atoms with Gasteiger partial charge in [0.25, 0.3) is 0 Å². The summed E-state index contributed by atoms with van der Waals surface area (Å²) in [6, 6.07) is 12.8. The highest BCUT2D eigenvalue weighted by molar-refractivity contribution is 5.56. The van der Waals surface area contributed by atoms with Crippen LogP contribution in [0.4, 0.5) is 5.82 Å². The molecule has 2 atom stereocenters. The number of nitrogens with zero attached hydrogens (tertiary/aromatic N) is 2. The maximum atomic E-state index is 4.59. The molecule has 0 saturated carbocycles. The Kier molecular flexibility index (Phi) is 4.13. The molecule has 5 nitrogen and oxygen atoms in total. The summed E-state index contributed by atoms with van der Waals surface area (Å²) in [7, 11) is 0. The van der Waals surface area contributed by atoms with Gasteiger partial charge in [0.1, 0.15) is 5.82 Å². The van der Waals surface area contributed by atoms with Crippen LogP contribution in [0.5, 0.6) is 0 Å². The predicted octanol–water partition coefficient (Wildman–Crippen LogP) is 2.06. The second kappa shape index (κ2) is 6.20. The molecule has 1 fully saturated rings. The van der Waals surface area contributed by atoms with E-state index in [9.17, 15) is 0 Å². The van der Waals surface area contributed by atoms with E-state index in [-0.39, 0.29) is 0 Å². The maximum Gasteiger partial charge on any atom is 0.161 e. The van der Waals surface area contributed by atoms with Gasteiger partial charge in [0.2, 0.25) is 0 Å². The van der Waals surface area contributed by atoms with Crippen molar-refractivity contribution >= 4 is 5.82 Å². The minimum Gasteiger partial charge on any atom is -0.370 e. The van der Waals surface area contributed by atoms with Crippen molar-refractivity contribution in [2.24, 2.45) is 5.92 Å². The summed E-state index contributed by atoms with van der Waals surface area (Å²) in [6.07, 6.45) is 1.80. The lowest BCUT2D eigenvalue weighted by Crippen LogP contribution is -2.30. The van der Waals surface area contributed by atoms with E-state index in [0.717, 1.165) is 23.8 Å². The third kappa shape index (κ3) is 3.20. The molecule has 0 bridgehead atoms. The van der Waals surface area contributed by atoms with Crippen molar-refractivity contribution in [1.82, 2.24) is 20.8 Å². The summed E-state index contributed by atoms with van der Waals surface area (Å²) < 4.78 is 0. The number of rotatable bonds is 4. The van der Waals surface area contributed by atoms with E-state index >= 15 is 0 Å². The van der Waals surface area contributed by atoms with E-state index in [4.69, 9.17) is 0 Å². The van der Waals surface area contributed by atoms with Gasteiger partial charge in [-0.1, -0.05) is 30.3 Å². The summed E-state index contributed by atoms with van der Waals surface area (Å²) in [4.78, 5) is 8.93. The molecule has 0 spiro atoms. The first-order chi connectivity index (χ1) is 10.2. The van der Waals surface area contributed by atoms with Crippen LogP contribution in [0.25, 0.3) is 11.4 Å². The molecule has 5 heteroatoms. The second-order valence-electron chi connectivity index (χ2n) is 5.54. The number of hydrogen-bond acceptors (Lipinski definition) is 5. The van der Waals surface area contributed by atoms with Gasteiger partial charge in [-0.2, -0.15) is 0 Å². The Morgan fingerprint density at radius 3 is 2.48 bits per heavy atom. The molecule has 2 aromatic rings. The van der Waals surface area contributed by atoms with Gasteiger partial charge in [0, 0.05) is 36.3 Å². The molecule has 0 aliphatic carbocycles. The Morgan fingerprint density at radius 1 is 1.05 bits per heavy atom. The summed E-state index contributed by atoms with van der Waals surface area (Å²) in [5.41, 5.74) is 7.57. The summed E-state index contributed by atoms with van der Waals surface area (Å²) >= 11 is 0. The van der Waals surface area contributed by atoms with Gasteiger partial charge >= 0.3 is 0 Å². The molecule has 3 rings (SSSR count). The van der Waals surface area contributed by atoms with Crippen LogP contribution in [0.3, 0.4) is 0 Å². The Bertz CT molecular complexity index is 576. The van der Waals surface area contributed by atoms with E-state index in [1.165, 1.54) is 0 Å². The minimum atomic E-state index is 0.447. The lowest BCUT2D eigenvalue weighted by Gasteiger charge is -2.18. The molecule has 1 aliphatic heterocycles. The number of hydrazine groups is 1. The van der Waals surface area contributed by atoms with Gasteiger partial charge in [-0.3, -0.25) is 10.9 Å². The van der Waals surface area contributed by atoms with Gasteiger partial charge in [0.05, 0.1) is 0 Å². The van der Waals surface area contributed by atoms with Crippen molar-refractivity contribution in [3.05, 3.63) is 42.6 Å². The third-order valence-electron chi connectivity index (χ3n) is 4.03. The van der Waals surface area contributed by atoms with Crippen molar-refractivity contribution in [1.29, 1.82) is 0 Å². The minimum absolute atomic E-state index is 0.447. The highest BCUT2D eigenvalue weighted by Gasteiger charge is 2.29. The van der Waals surface area contributed by atoms with Crippen LogP contribution in [0, 0.1) is 5.92 Å². The van der Waals surface area contributed by atoms with Gasteiger partial charge < -0.3 is 5.32 Å². The summed E-state index contributed by atoms with van der Waals surface area (Å²) in [6.45, 7) is 5.27. The average molecular weight is 283 g/mol. The molecule has 110 valence electrons. The first-order valence-corrected chi connectivity index (χ1v) is 7.37. The molecule has 21 heavy (non-hydrogen) atoms. The number of anilines is 1. The fourth-order valence-electron chi connectivity index (χ4n) is 2.67. The van der Waals surface area contributed by atoms with Crippen molar-refractivity contribution in [2.45, 2.75) is 25.9 Å². The van der Waals surface area contributed by atoms with Crippen molar-refractivity contribution in [3.63, 3.8) is 0 Å². The highest BCUT2D eigenvalue weighted by atomic mass is 15.4. The third-order valence-corrected chi connectivity index (χ3v) is 4.03. The van der Waals surface area contributed by atoms with E-state index in [0.29, 0.717) is 18.0 Å². The van der Waals surface area contributed by atoms with E-state index < -0.39 is 0 Å². The largest absolute Gasteiger partial charge is 0.370 e. The molecular formula is C16H21N5. The first kappa shape index (κ1) is 14.0. The molecule has 2 unspecified atom stereocenters. The maximum absolute atomic E-state index is 4.59. The number of hydrogen-bond donors (Lipinski definition) is 3. The van der Waals surface area contributed by atoms with Crippen LogP contribution < -0.4 is 16.2 Å². The SMILES string of the molecule is CC1NNC(C)C1CNc1ccnc(-c2ccccc2)n1. The Labute approximate surface area is 125 Å². The normalized spacial score (nSPS) is 25.0. The number of benzene rings is 1. The van der Waals surface area contributed by atoms with Crippen LogP contribution in [-0.4, -0.2) is 28.6 Å². The lowest BCUT2D eigenvalue weighted by atomic mass is 9.97. The average Bonchev–Trinajstić information content (AvgIpc) is 2.85. The highest BCUT2D eigenvalue weighted by Crippen LogP contribution is 2.18. The summed E-state index contributed by atoms with van der Waals surface area (Å²) in [5.74, 6) is 2.15. The fraction of sp³-hybridized carbons (Fsp3) is 0.375. The zero-order valence-corrected chi connectivity index (χ0v) is 12.4. The van der Waals surface area contributed by atoms with Crippen LogP contribution in [0.1, 0.15) is 13.8 Å². The van der Waals surface area contributed by atoms with Crippen LogP contribution >= 0.6 is 0 Å². The molecule has 1 aliphatic rings. The molecule has 0 radical (unpaired) electrons. The molecule has 1 aromatic carbocycles. The zero-order chi connectivity index (χ0) is 14.7. The number of aromatic nitrogens is 2. The summed E-state index contributed by atoms with van der Waals surface area (Å²) in [5, 5.41) is 3.43. The fourth-order valence-corrected chi connectivity index (χ4v) is 2.67.